The van der Waals surface area contributed by atoms with Crippen LogP contribution in [0.15, 0.2) is 12.1 Å². The summed E-state index contributed by atoms with van der Waals surface area (Å²) in [5.74, 6) is -0.563. The van der Waals surface area contributed by atoms with E-state index >= 15 is 0 Å². The van der Waals surface area contributed by atoms with E-state index in [1.807, 2.05) is 0 Å². The summed E-state index contributed by atoms with van der Waals surface area (Å²) in [7, 11) is 2.76. The third-order valence-corrected chi connectivity index (χ3v) is 2.63. The maximum absolute atomic E-state index is 11.0. The van der Waals surface area contributed by atoms with Gasteiger partial charge in [0.05, 0.1) is 14.2 Å². The second kappa shape index (κ2) is 6.17. The van der Waals surface area contributed by atoms with Gasteiger partial charge in [-0.15, -0.1) is 0 Å². The van der Waals surface area contributed by atoms with Crippen molar-refractivity contribution in [3.05, 3.63) is 23.3 Å². The predicted octanol–water partition coefficient (Wildman–Crippen LogP) is -0.604. The van der Waals surface area contributed by atoms with Gasteiger partial charge < -0.3 is 25.4 Å². The average molecular weight is 269 g/mol. The minimum absolute atomic E-state index is 0.0268. The Kier molecular flexibility index (Phi) is 4.85. The molecule has 0 heterocycles. The second-order valence-corrected chi connectivity index (χ2v) is 3.75. The standard InChI is InChI=1S/C12H15NO6/c1-18-8-3-6(5-14)7(4-9(8)19-2)10(15)11(16)12(13)17/h3-5,10-11,15-16H,1-2H3,(H2,13,17). The van der Waals surface area contributed by atoms with Crippen molar-refractivity contribution in [1.82, 2.24) is 0 Å². The lowest BCUT2D eigenvalue weighted by Gasteiger charge is -2.19. The van der Waals surface area contributed by atoms with Gasteiger partial charge in [-0.3, -0.25) is 9.59 Å². The Bertz CT molecular complexity index is 487. The van der Waals surface area contributed by atoms with Crippen LogP contribution < -0.4 is 15.2 Å². The van der Waals surface area contributed by atoms with Crippen LogP contribution in [0, 0.1) is 0 Å². The van der Waals surface area contributed by atoms with Gasteiger partial charge in [0.15, 0.2) is 23.9 Å². The minimum Gasteiger partial charge on any atom is -0.493 e. The van der Waals surface area contributed by atoms with Crippen LogP contribution in [0.5, 0.6) is 11.5 Å². The van der Waals surface area contributed by atoms with Crippen molar-refractivity contribution in [2.45, 2.75) is 12.2 Å². The zero-order valence-corrected chi connectivity index (χ0v) is 10.5. The van der Waals surface area contributed by atoms with Gasteiger partial charge in [0.25, 0.3) is 0 Å². The van der Waals surface area contributed by atoms with Crippen LogP contribution in [-0.4, -0.2) is 42.7 Å². The maximum atomic E-state index is 11.0. The fourth-order valence-electron chi connectivity index (χ4n) is 1.59. The first-order valence-electron chi connectivity index (χ1n) is 5.32. The number of rotatable bonds is 6. The molecule has 1 amide bonds. The first kappa shape index (κ1) is 14.9. The van der Waals surface area contributed by atoms with Gasteiger partial charge in [-0.05, 0) is 17.7 Å². The number of carbonyl (C=O) groups excluding carboxylic acids is 2. The topological polar surface area (TPSA) is 119 Å². The summed E-state index contributed by atoms with van der Waals surface area (Å²) in [4.78, 5) is 21.8. The molecule has 2 atom stereocenters. The molecule has 7 nitrogen and oxygen atoms in total. The smallest absolute Gasteiger partial charge is 0.249 e. The molecule has 0 aromatic heterocycles. The highest BCUT2D eigenvalue weighted by Crippen LogP contribution is 2.33. The molecular formula is C12H15NO6. The van der Waals surface area contributed by atoms with Crippen molar-refractivity contribution in [1.29, 1.82) is 0 Å². The Morgan fingerprint density at radius 2 is 1.79 bits per heavy atom. The SMILES string of the molecule is COc1cc(C=O)c(C(O)C(O)C(N)=O)cc1OC. The summed E-state index contributed by atoms with van der Waals surface area (Å²) in [5.41, 5.74) is 4.99. The van der Waals surface area contributed by atoms with E-state index in [1.165, 1.54) is 26.4 Å². The first-order chi connectivity index (χ1) is 8.96. The molecule has 7 heteroatoms. The minimum atomic E-state index is -1.82. The molecule has 1 rings (SSSR count). The van der Waals surface area contributed by atoms with Crippen molar-refractivity contribution < 1.29 is 29.3 Å². The first-order valence-corrected chi connectivity index (χ1v) is 5.32. The normalized spacial score (nSPS) is 13.5. The lowest BCUT2D eigenvalue weighted by molar-refractivity contribution is -0.132. The number of hydrogen-bond donors (Lipinski definition) is 3. The zero-order valence-electron chi connectivity index (χ0n) is 10.5. The van der Waals surface area contributed by atoms with Crippen molar-refractivity contribution in [3.63, 3.8) is 0 Å². The Morgan fingerprint density at radius 1 is 1.26 bits per heavy atom. The molecule has 1 aromatic rings. The van der Waals surface area contributed by atoms with Gasteiger partial charge >= 0.3 is 0 Å². The molecule has 1 aromatic carbocycles. The maximum Gasteiger partial charge on any atom is 0.249 e. The second-order valence-electron chi connectivity index (χ2n) is 3.75. The Morgan fingerprint density at radius 3 is 2.21 bits per heavy atom. The summed E-state index contributed by atoms with van der Waals surface area (Å²) in [5, 5.41) is 19.3. The molecule has 4 N–H and O–H groups in total. The largest absolute Gasteiger partial charge is 0.493 e. The van der Waals surface area contributed by atoms with E-state index < -0.39 is 18.1 Å². The highest BCUT2D eigenvalue weighted by Gasteiger charge is 2.27. The van der Waals surface area contributed by atoms with Crippen LogP contribution >= 0.6 is 0 Å². The molecule has 0 fully saturated rings. The fraction of sp³-hybridized carbons (Fsp3) is 0.333. The molecular weight excluding hydrogens is 254 g/mol. The quantitative estimate of drug-likeness (QED) is 0.593. The summed E-state index contributed by atoms with van der Waals surface area (Å²) < 4.78 is 10.0. The van der Waals surface area contributed by atoms with E-state index in [-0.39, 0.29) is 22.6 Å². The predicted molar refractivity (Wildman–Crippen MR) is 65.1 cm³/mol. The lowest BCUT2D eigenvalue weighted by atomic mass is 9.98. The van der Waals surface area contributed by atoms with Gasteiger partial charge in [0.2, 0.25) is 5.91 Å². The fourth-order valence-corrected chi connectivity index (χ4v) is 1.59. The molecule has 0 saturated carbocycles. The van der Waals surface area contributed by atoms with Gasteiger partial charge in [0, 0.05) is 5.56 Å². The van der Waals surface area contributed by atoms with E-state index in [2.05, 4.69) is 0 Å². The monoisotopic (exact) mass is 269 g/mol. The molecule has 0 spiro atoms. The summed E-state index contributed by atoms with van der Waals surface area (Å²) >= 11 is 0. The third-order valence-electron chi connectivity index (χ3n) is 2.63. The van der Waals surface area contributed by atoms with Gasteiger partial charge in [-0.2, -0.15) is 0 Å². The molecule has 0 saturated heterocycles. The Hall–Kier alpha value is -2.12. The molecule has 0 aliphatic rings. The number of amides is 1. The number of primary amides is 1. The van der Waals surface area contributed by atoms with E-state index in [0.717, 1.165) is 0 Å². The number of aliphatic hydroxyl groups is 2. The van der Waals surface area contributed by atoms with Crippen LogP contribution in [0.2, 0.25) is 0 Å². The molecule has 0 aliphatic heterocycles. The van der Waals surface area contributed by atoms with E-state index in [0.29, 0.717) is 6.29 Å². The zero-order chi connectivity index (χ0) is 14.6. The number of aldehydes is 1. The van der Waals surface area contributed by atoms with Crippen LogP contribution in [0.25, 0.3) is 0 Å². The van der Waals surface area contributed by atoms with Gasteiger partial charge in [0.1, 0.15) is 6.10 Å². The number of aliphatic hydroxyl groups excluding tert-OH is 2. The lowest BCUT2D eigenvalue weighted by Crippen LogP contribution is -2.34. The van der Waals surface area contributed by atoms with E-state index in [1.54, 1.807) is 0 Å². The van der Waals surface area contributed by atoms with Gasteiger partial charge in [-0.25, -0.2) is 0 Å². The summed E-state index contributed by atoms with van der Waals surface area (Å²) in [6.45, 7) is 0. The highest BCUT2D eigenvalue weighted by molar-refractivity contribution is 5.82. The van der Waals surface area contributed by atoms with Gasteiger partial charge in [-0.1, -0.05) is 0 Å². The molecule has 0 aliphatic carbocycles. The number of benzene rings is 1. The highest BCUT2D eigenvalue weighted by atomic mass is 16.5. The van der Waals surface area contributed by atoms with Crippen LogP contribution in [0.4, 0.5) is 0 Å². The van der Waals surface area contributed by atoms with E-state index in [4.69, 9.17) is 15.2 Å². The van der Waals surface area contributed by atoms with Crippen LogP contribution in [0.1, 0.15) is 22.0 Å². The number of hydrogen-bond acceptors (Lipinski definition) is 6. The van der Waals surface area contributed by atoms with Crippen molar-refractivity contribution in [2.24, 2.45) is 5.73 Å². The van der Waals surface area contributed by atoms with Crippen molar-refractivity contribution in [3.8, 4) is 11.5 Å². The van der Waals surface area contributed by atoms with E-state index in [9.17, 15) is 19.8 Å². The molecule has 0 bridgehead atoms. The number of methoxy groups -OCH3 is 2. The summed E-state index contributed by atoms with van der Waals surface area (Å²) in [6, 6.07) is 2.64. The number of ether oxygens (including phenoxy) is 2. The molecule has 19 heavy (non-hydrogen) atoms. The van der Waals surface area contributed by atoms with Crippen molar-refractivity contribution in [2.75, 3.05) is 14.2 Å². The molecule has 0 radical (unpaired) electrons. The Labute approximate surface area is 109 Å². The third kappa shape index (κ3) is 3.01. The average Bonchev–Trinajstić information content (AvgIpc) is 2.43. The summed E-state index contributed by atoms with van der Waals surface area (Å²) in [6.07, 6.45) is -2.98. The van der Waals surface area contributed by atoms with Crippen LogP contribution in [-0.2, 0) is 4.79 Å². The molecule has 104 valence electrons. The molecule has 2 unspecified atom stereocenters. The Balaban J connectivity index is 3.33. The number of carbonyl (C=O) groups is 2. The number of nitrogens with two attached hydrogens (primary N) is 1. The van der Waals surface area contributed by atoms with Crippen molar-refractivity contribution >= 4 is 12.2 Å². The van der Waals surface area contributed by atoms with Crippen LogP contribution in [0.3, 0.4) is 0 Å².